The maximum atomic E-state index is 14.0. The monoisotopic (exact) mass is 367 g/mol. The fourth-order valence-corrected chi connectivity index (χ4v) is 3.42. The molecule has 0 spiro atoms. The Bertz CT molecular complexity index is 905. The summed E-state index contributed by atoms with van der Waals surface area (Å²) in [6.45, 7) is 0.620. The lowest BCUT2D eigenvalue weighted by Crippen LogP contribution is -2.28. The van der Waals surface area contributed by atoms with Crippen LogP contribution in [0.2, 0.25) is 0 Å². The first-order valence-electron chi connectivity index (χ1n) is 9.19. The zero-order valence-electron chi connectivity index (χ0n) is 15.0. The van der Waals surface area contributed by atoms with Crippen LogP contribution >= 0.6 is 0 Å². The molecule has 6 nitrogen and oxygen atoms in total. The Kier molecular flexibility index (Phi) is 5.11. The largest absolute Gasteiger partial charge is 0.489 e. The number of halogens is 1. The first kappa shape index (κ1) is 17.6. The van der Waals surface area contributed by atoms with Crippen LogP contribution in [-0.4, -0.2) is 32.4 Å². The van der Waals surface area contributed by atoms with E-state index in [1.165, 1.54) is 17.1 Å². The topological polar surface area (TPSA) is 78.8 Å². The van der Waals surface area contributed by atoms with Crippen LogP contribution in [0, 0.1) is 11.7 Å². The quantitative estimate of drug-likeness (QED) is 0.748. The fourth-order valence-electron chi connectivity index (χ4n) is 3.42. The molecule has 7 heteroatoms. The van der Waals surface area contributed by atoms with Gasteiger partial charge in [-0.3, -0.25) is 0 Å². The summed E-state index contributed by atoms with van der Waals surface area (Å²) in [4.78, 5) is 8.43. The van der Waals surface area contributed by atoms with E-state index in [4.69, 9.17) is 10.5 Å². The molecule has 1 fully saturated rings. The summed E-state index contributed by atoms with van der Waals surface area (Å²) in [5.41, 5.74) is 7.76. The summed E-state index contributed by atoms with van der Waals surface area (Å²) >= 11 is 0. The first-order valence-corrected chi connectivity index (χ1v) is 9.19. The lowest BCUT2D eigenvalue weighted by Gasteiger charge is -2.26. The van der Waals surface area contributed by atoms with Crippen molar-refractivity contribution in [3.8, 4) is 22.7 Å². The summed E-state index contributed by atoms with van der Waals surface area (Å²) < 4.78 is 21.5. The van der Waals surface area contributed by atoms with E-state index in [0.29, 0.717) is 35.7 Å². The van der Waals surface area contributed by atoms with Gasteiger partial charge in [0, 0.05) is 17.8 Å². The van der Waals surface area contributed by atoms with Crippen molar-refractivity contribution in [1.82, 2.24) is 19.7 Å². The molecule has 2 aromatic heterocycles. The van der Waals surface area contributed by atoms with Gasteiger partial charge in [-0.25, -0.2) is 19.0 Å². The Balaban J connectivity index is 1.52. The molecule has 0 bridgehead atoms. The van der Waals surface area contributed by atoms with Gasteiger partial charge in [-0.15, -0.1) is 0 Å². The smallest absolute Gasteiger partial charge is 0.163 e. The second-order valence-electron chi connectivity index (χ2n) is 6.95. The molecule has 1 aliphatic carbocycles. The van der Waals surface area contributed by atoms with E-state index in [1.807, 2.05) is 0 Å². The summed E-state index contributed by atoms with van der Waals surface area (Å²) in [6.07, 6.45) is 10.8. The van der Waals surface area contributed by atoms with Crippen LogP contribution in [0.3, 0.4) is 0 Å². The van der Waals surface area contributed by atoms with Gasteiger partial charge in [0.25, 0.3) is 0 Å². The van der Waals surface area contributed by atoms with Crippen LogP contribution in [0.1, 0.15) is 25.7 Å². The van der Waals surface area contributed by atoms with E-state index in [-0.39, 0.29) is 5.82 Å². The van der Waals surface area contributed by atoms with Crippen molar-refractivity contribution in [3.63, 3.8) is 0 Å². The minimum Gasteiger partial charge on any atom is -0.489 e. The van der Waals surface area contributed by atoms with Crippen molar-refractivity contribution in [1.29, 1.82) is 0 Å². The van der Waals surface area contributed by atoms with E-state index < -0.39 is 0 Å². The number of nitrogens with zero attached hydrogens (tertiary/aromatic N) is 4. The summed E-state index contributed by atoms with van der Waals surface area (Å²) in [7, 11) is 0. The molecule has 0 unspecified atom stereocenters. The Hall–Kier alpha value is -2.80. The van der Waals surface area contributed by atoms with Gasteiger partial charge in [-0.2, -0.15) is 5.10 Å². The second-order valence-corrected chi connectivity index (χ2v) is 6.95. The lowest BCUT2D eigenvalue weighted by atomic mass is 9.87. The van der Waals surface area contributed by atoms with Gasteiger partial charge >= 0.3 is 0 Å². The molecule has 1 saturated carbocycles. The normalized spacial score (nSPS) is 19.8. The molecular weight excluding hydrogens is 345 g/mol. The highest BCUT2D eigenvalue weighted by Crippen LogP contribution is 2.29. The first-order chi connectivity index (χ1) is 13.2. The molecule has 2 N–H and O–H groups in total. The van der Waals surface area contributed by atoms with Crippen LogP contribution in [0.5, 0.6) is 5.75 Å². The maximum Gasteiger partial charge on any atom is 0.163 e. The third-order valence-electron chi connectivity index (χ3n) is 5.00. The number of para-hydroxylation sites is 1. The van der Waals surface area contributed by atoms with Crippen LogP contribution < -0.4 is 10.5 Å². The fraction of sp³-hybridized carbons (Fsp3) is 0.350. The van der Waals surface area contributed by atoms with Crippen LogP contribution in [0.15, 0.2) is 49.2 Å². The molecule has 0 atom stereocenters. The van der Waals surface area contributed by atoms with Crippen molar-refractivity contribution in [2.75, 3.05) is 6.61 Å². The van der Waals surface area contributed by atoms with Gasteiger partial charge in [-0.05, 0) is 43.7 Å². The number of hydrogen-bond acceptors (Lipinski definition) is 5. The van der Waals surface area contributed by atoms with E-state index in [9.17, 15) is 4.39 Å². The summed E-state index contributed by atoms with van der Waals surface area (Å²) in [6, 6.07) is 6.83. The predicted octanol–water partition coefficient (Wildman–Crippen LogP) is 3.36. The van der Waals surface area contributed by atoms with Crippen LogP contribution in [0.4, 0.5) is 4.39 Å². The van der Waals surface area contributed by atoms with Crippen LogP contribution in [-0.2, 0) is 0 Å². The molecule has 4 rings (SSSR count). The number of rotatable bonds is 5. The van der Waals surface area contributed by atoms with Gasteiger partial charge in [0.05, 0.1) is 19.0 Å². The van der Waals surface area contributed by atoms with Gasteiger partial charge in [-0.1, -0.05) is 12.1 Å². The minimum absolute atomic E-state index is 0.320. The van der Waals surface area contributed by atoms with Crippen LogP contribution in [0.25, 0.3) is 16.9 Å². The van der Waals surface area contributed by atoms with E-state index in [2.05, 4.69) is 15.1 Å². The van der Waals surface area contributed by atoms with Gasteiger partial charge in [0.15, 0.2) is 5.75 Å². The number of benzene rings is 1. The molecule has 3 aromatic rings. The van der Waals surface area contributed by atoms with E-state index in [1.54, 1.807) is 36.8 Å². The molecule has 27 heavy (non-hydrogen) atoms. The van der Waals surface area contributed by atoms with Crippen molar-refractivity contribution in [2.45, 2.75) is 31.7 Å². The number of hydrogen-bond donors (Lipinski definition) is 1. The molecule has 140 valence electrons. The van der Waals surface area contributed by atoms with Gasteiger partial charge < -0.3 is 10.5 Å². The standard InChI is InChI=1S/C20H22FN5O/c21-17-3-1-2-4-18(17)26-11-15(9-25-26)20-19(10-23-13-24-20)27-12-14-5-7-16(22)8-6-14/h1-4,9-11,13-14,16H,5-8,12,22H2. The molecule has 1 aliphatic rings. The third-order valence-corrected chi connectivity index (χ3v) is 5.00. The predicted molar refractivity (Wildman–Crippen MR) is 100.0 cm³/mol. The van der Waals surface area contributed by atoms with Crippen molar-refractivity contribution >= 4 is 0 Å². The number of nitrogens with two attached hydrogens (primary N) is 1. The lowest BCUT2D eigenvalue weighted by molar-refractivity contribution is 0.200. The van der Waals surface area contributed by atoms with Crippen molar-refractivity contribution in [3.05, 3.63) is 55.0 Å². The Labute approximate surface area is 157 Å². The van der Waals surface area contributed by atoms with Gasteiger partial charge in [0.1, 0.15) is 23.5 Å². The zero-order valence-corrected chi connectivity index (χ0v) is 15.0. The SMILES string of the molecule is NC1CCC(COc2cncnc2-c2cnn(-c3ccccc3F)c2)CC1. The molecule has 0 radical (unpaired) electrons. The molecule has 0 aliphatic heterocycles. The van der Waals surface area contributed by atoms with E-state index in [0.717, 1.165) is 31.2 Å². The highest BCUT2D eigenvalue weighted by Gasteiger charge is 2.20. The molecule has 1 aromatic carbocycles. The maximum absolute atomic E-state index is 14.0. The Morgan fingerprint density at radius 1 is 1.15 bits per heavy atom. The third kappa shape index (κ3) is 3.98. The molecular formula is C20H22FN5O. The Morgan fingerprint density at radius 3 is 2.78 bits per heavy atom. The van der Waals surface area contributed by atoms with Crippen molar-refractivity contribution in [2.24, 2.45) is 11.7 Å². The molecule has 0 amide bonds. The highest BCUT2D eigenvalue weighted by atomic mass is 19.1. The van der Waals surface area contributed by atoms with Crippen molar-refractivity contribution < 1.29 is 9.13 Å². The summed E-state index contributed by atoms with van der Waals surface area (Å²) in [5.74, 6) is 0.779. The molecule has 2 heterocycles. The minimum atomic E-state index is -0.332. The Morgan fingerprint density at radius 2 is 1.96 bits per heavy atom. The van der Waals surface area contributed by atoms with Gasteiger partial charge in [0.2, 0.25) is 0 Å². The second kappa shape index (κ2) is 7.84. The average molecular weight is 367 g/mol. The highest BCUT2D eigenvalue weighted by molar-refractivity contribution is 5.64. The number of ether oxygens (including phenoxy) is 1. The average Bonchev–Trinajstić information content (AvgIpc) is 3.18. The molecule has 0 saturated heterocycles. The number of aromatic nitrogens is 4. The zero-order chi connectivity index (χ0) is 18.6. The summed E-state index contributed by atoms with van der Waals surface area (Å²) in [5, 5.41) is 4.27. The van der Waals surface area contributed by atoms with E-state index >= 15 is 0 Å².